The second kappa shape index (κ2) is 5.60. The molecule has 92 valence electrons. The Morgan fingerprint density at radius 2 is 2.41 bits per heavy atom. The molecular weight excluding hydrogens is 289 g/mol. The molecule has 1 atom stereocenters. The van der Waals surface area contributed by atoms with Crippen LogP contribution in [0.2, 0.25) is 0 Å². The van der Waals surface area contributed by atoms with Crippen molar-refractivity contribution in [2.75, 3.05) is 19.8 Å². The first-order valence-electron chi connectivity index (χ1n) is 5.48. The maximum atomic E-state index is 13.4. The monoisotopic (exact) mass is 301 g/mol. The fraction of sp³-hybridized carbons (Fsp3) is 0.417. The molecule has 1 fully saturated rings. The van der Waals surface area contributed by atoms with Crippen LogP contribution in [0.4, 0.5) is 4.39 Å². The Kier molecular flexibility index (Phi) is 4.12. The Morgan fingerprint density at radius 1 is 1.59 bits per heavy atom. The van der Waals surface area contributed by atoms with Crippen molar-refractivity contribution in [1.29, 1.82) is 0 Å². The quantitative estimate of drug-likeness (QED) is 0.931. The van der Waals surface area contributed by atoms with Crippen LogP contribution in [0.5, 0.6) is 0 Å². The number of hydrogen-bond acceptors (Lipinski definition) is 2. The SMILES string of the molecule is O=C(NCC1CCOC1)c1cc(Br)ccc1F. The second-order valence-electron chi connectivity index (χ2n) is 4.06. The first-order chi connectivity index (χ1) is 8.16. The number of amides is 1. The summed E-state index contributed by atoms with van der Waals surface area (Å²) in [6.07, 6.45) is 0.946. The van der Waals surface area contributed by atoms with Crippen LogP contribution in [-0.4, -0.2) is 25.7 Å². The summed E-state index contributed by atoms with van der Waals surface area (Å²) in [5, 5.41) is 2.73. The van der Waals surface area contributed by atoms with Crippen molar-refractivity contribution in [3.05, 3.63) is 34.1 Å². The van der Waals surface area contributed by atoms with Crippen molar-refractivity contribution in [1.82, 2.24) is 5.32 Å². The van der Waals surface area contributed by atoms with Gasteiger partial charge in [-0.05, 0) is 24.6 Å². The van der Waals surface area contributed by atoms with Gasteiger partial charge >= 0.3 is 0 Å². The summed E-state index contributed by atoms with van der Waals surface area (Å²) >= 11 is 3.22. The van der Waals surface area contributed by atoms with Crippen molar-refractivity contribution < 1.29 is 13.9 Å². The largest absolute Gasteiger partial charge is 0.381 e. The predicted molar refractivity (Wildman–Crippen MR) is 65.4 cm³/mol. The maximum absolute atomic E-state index is 13.4. The highest BCUT2D eigenvalue weighted by atomic mass is 79.9. The number of carbonyl (C=O) groups is 1. The zero-order chi connectivity index (χ0) is 12.3. The molecule has 5 heteroatoms. The van der Waals surface area contributed by atoms with Crippen molar-refractivity contribution in [2.45, 2.75) is 6.42 Å². The first kappa shape index (κ1) is 12.5. The number of nitrogens with one attached hydrogen (secondary N) is 1. The number of carbonyl (C=O) groups excluding carboxylic acids is 1. The summed E-state index contributed by atoms with van der Waals surface area (Å²) < 4.78 is 19.3. The van der Waals surface area contributed by atoms with E-state index in [4.69, 9.17) is 4.74 Å². The van der Waals surface area contributed by atoms with Crippen LogP contribution in [0, 0.1) is 11.7 Å². The van der Waals surface area contributed by atoms with E-state index in [0.717, 1.165) is 13.0 Å². The minimum atomic E-state index is -0.506. The van der Waals surface area contributed by atoms with Gasteiger partial charge in [0.25, 0.3) is 5.91 Å². The van der Waals surface area contributed by atoms with Crippen molar-refractivity contribution in [2.24, 2.45) is 5.92 Å². The van der Waals surface area contributed by atoms with Gasteiger partial charge < -0.3 is 10.1 Å². The molecule has 1 aromatic rings. The zero-order valence-electron chi connectivity index (χ0n) is 9.21. The lowest BCUT2D eigenvalue weighted by Gasteiger charge is -2.10. The summed E-state index contributed by atoms with van der Waals surface area (Å²) in [5.74, 6) is -0.543. The summed E-state index contributed by atoms with van der Waals surface area (Å²) in [6.45, 7) is 1.94. The van der Waals surface area contributed by atoms with E-state index in [0.29, 0.717) is 23.5 Å². The average Bonchev–Trinajstić information content (AvgIpc) is 2.82. The van der Waals surface area contributed by atoms with E-state index in [1.165, 1.54) is 12.1 Å². The van der Waals surface area contributed by atoms with Crippen molar-refractivity contribution in [3.63, 3.8) is 0 Å². The lowest BCUT2D eigenvalue weighted by Crippen LogP contribution is -2.30. The van der Waals surface area contributed by atoms with Gasteiger partial charge in [-0.2, -0.15) is 0 Å². The molecule has 2 rings (SSSR count). The Bertz CT molecular complexity index is 419. The first-order valence-corrected chi connectivity index (χ1v) is 6.27. The Hall–Kier alpha value is -0.940. The van der Waals surface area contributed by atoms with Gasteiger partial charge in [-0.3, -0.25) is 4.79 Å². The van der Waals surface area contributed by atoms with Crippen LogP contribution in [-0.2, 0) is 4.74 Å². The number of hydrogen-bond donors (Lipinski definition) is 1. The molecule has 1 N–H and O–H groups in total. The molecule has 0 saturated carbocycles. The van der Waals surface area contributed by atoms with Gasteiger partial charge in [0.15, 0.2) is 0 Å². The minimum absolute atomic E-state index is 0.0679. The van der Waals surface area contributed by atoms with Gasteiger partial charge in [0, 0.05) is 23.5 Å². The smallest absolute Gasteiger partial charge is 0.254 e. The van der Waals surface area contributed by atoms with Gasteiger partial charge in [-0.15, -0.1) is 0 Å². The summed E-state index contributed by atoms with van der Waals surface area (Å²) in [7, 11) is 0. The zero-order valence-corrected chi connectivity index (χ0v) is 10.8. The highest BCUT2D eigenvalue weighted by Gasteiger charge is 2.18. The molecule has 1 heterocycles. The summed E-state index contributed by atoms with van der Waals surface area (Å²) in [6, 6.07) is 4.32. The van der Waals surface area contributed by atoms with Gasteiger partial charge in [-0.1, -0.05) is 15.9 Å². The van der Waals surface area contributed by atoms with E-state index < -0.39 is 5.82 Å². The van der Waals surface area contributed by atoms with Crippen LogP contribution in [0.1, 0.15) is 16.8 Å². The second-order valence-corrected chi connectivity index (χ2v) is 4.98. The number of halogens is 2. The third-order valence-electron chi connectivity index (χ3n) is 2.75. The molecule has 0 aromatic heterocycles. The topological polar surface area (TPSA) is 38.3 Å². The Balaban J connectivity index is 1.96. The van der Waals surface area contributed by atoms with Crippen LogP contribution < -0.4 is 5.32 Å². The van der Waals surface area contributed by atoms with E-state index in [9.17, 15) is 9.18 Å². The third-order valence-corrected chi connectivity index (χ3v) is 3.24. The predicted octanol–water partition coefficient (Wildman–Crippen LogP) is 2.35. The normalized spacial score (nSPS) is 19.3. The molecule has 1 aromatic carbocycles. The lowest BCUT2D eigenvalue weighted by molar-refractivity contribution is 0.0941. The number of rotatable bonds is 3. The fourth-order valence-electron chi connectivity index (χ4n) is 1.75. The Labute approximate surface area is 107 Å². The molecule has 1 aliphatic rings. The van der Waals surface area contributed by atoms with Gasteiger partial charge in [-0.25, -0.2) is 4.39 Å². The molecular formula is C12H13BrFNO2. The van der Waals surface area contributed by atoms with Gasteiger partial charge in [0.05, 0.1) is 12.2 Å². The van der Waals surface area contributed by atoms with E-state index in [1.807, 2.05) is 0 Å². The molecule has 1 unspecified atom stereocenters. The van der Waals surface area contributed by atoms with Gasteiger partial charge in [0.2, 0.25) is 0 Å². The number of ether oxygens (including phenoxy) is 1. The summed E-state index contributed by atoms with van der Waals surface area (Å²) in [4.78, 5) is 11.8. The molecule has 0 radical (unpaired) electrons. The van der Waals surface area contributed by atoms with Gasteiger partial charge in [0.1, 0.15) is 5.82 Å². The highest BCUT2D eigenvalue weighted by Crippen LogP contribution is 2.16. The highest BCUT2D eigenvalue weighted by molar-refractivity contribution is 9.10. The van der Waals surface area contributed by atoms with Crippen LogP contribution in [0.15, 0.2) is 22.7 Å². The van der Waals surface area contributed by atoms with Crippen LogP contribution in [0.3, 0.4) is 0 Å². The molecule has 1 saturated heterocycles. The number of benzene rings is 1. The van der Waals surface area contributed by atoms with E-state index >= 15 is 0 Å². The molecule has 0 bridgehead atoms. The lowest BCUT2D eigenvalue weighted by atomic mass is 10.1. The molecule has 3 nitrogen and oxygen atoms in total. The molecule has 0 spiro atoms. The Morgan fingerprint density at radius 3 is 3.12 bits per heavy atom. The average molecular weight is 302 g/mol. The van der Waals surface area contributed by atoms with E-state index in [2.05, 4.69) is 21.2 Å². The summed E-state index contributed by atoms with van der Waals surface area (Å²) in [5.41, 5.74) is 0.0679. The van der Waals surface area contributed by atoms with Crippen molar-refractivity contribution in [3.8, 4) is 0 Å². The maximum Gasteiger partial charge on any atom is 0.254 e. The molecule has 1 aliphatic heterocycles. The van der Waals surface area contributed by atoms with Crippen LogP contribution >= 0.6 is 15.9 Å². The standard InChI is InChI=1S/C12H13BrFNO2/c13-9-1-2-11(14)10(5-9)12(16)15-6-8-3-4-17-7-8/h1-2,5,8H,3-4,6-7H2,(H,15,16). The fourth-order valence-corrected chi connectivity index (χ4v) is 2.11. The van der Waals surface area contributed by atoms with Crippen molar-refractivity contribution >= 4 is 21.8 Å². The molecule has 0 aliphatic carbocycles. The van der Waals surface area contributed by atoms with E-state index in [-0.39, 0.29) is 11.5 Å². The molecule has 17 heavy (non-hydrogen) atoms. The molecule has 1 amide bonds. The van der Waals surface area contributed by atoms with Crippen LogP contribution in [0.25, 0.3) is 0 Å². The van der Waals surface area contributed by atoms with E-state index in [1.54, 1.807) is 6.07 Å². The minimum Gasteiger partial charge on any atom is -0.381 e. The third kappa shape index (κ3) is 3.26.